The van der Waals surface area contributed by atoms with Crippen LogP contribution in [0, 0.1) is 0 Å². The van der Waals surface area contributed by atoms with E-state index in [1.807, 2.05) is 14.4 Å². The molecule has 162 valence electrons. The molecule has 1 fully saturated rings. The van der Waals surface area contributed by atoms with E-state index in [1.54, 1.807) is 0 Å². The van der Waals surface area contributed by atoms with Gasteiger partial charge in [-0.3, -0.25) is 0 Å². The van der Waals surface area contributed by atoms with E-state index in [1.165, 1.54) is 21.2 Å². The van der Waals surface area contributed by atoms with Crippen molar-refractivity contribution in [3.63, 3.8) is 0 Å². The van der Waals surface area contributed by atoms with Crippen molar-refractivity contribution in [3.05, 3.63) is 121 Å². The molecular formula is C26H24Cl2NiP2. The first-order valence-corrected chi connectivity index (χ1v) is 13.7. The number of hydrogen-bond acceptors (Lipinski definition) is 0. The first-order chi connectivity index (χ1) is 14.4. The molecular weight excluding hydrogens is 504 g/mol. The Bertz CT molecular complexity index is 884. The van der Waals surface area contributed by atoms with Crippen LogP contribution in [0.25, 0.3) is 0 Å². The van der Waals surface area contributed by atoms with Gasteiger partial charge in [0.05, 0.1) is 0 Å². The summed E-state index contributed by atoms with van der Waals surface area (Å²) in [6, 6.07) is 44.6. The van der Waals surface area contributed by atoms with Gasteiger partial charge < -0.3 is 0 Å². The van der Waals surface area contributed by atoms with Gasteiger partial charge in [0, 0.05) is 0 Å². The molecule has 1 aliphatic rings. The standard InChI is InChI=1S/C26H22P2.2ClH.Ni/c1-5-13-23(14-6-1)27(24-15-7-2-8-16-24)21-22-28(25-17-9-3-10-18-25)26-19-11-4-12-20-26;;;/h1-22H;2*1H;. The molecule has 4 aromatic carbocycles. The molecule has 31 heavy (non-hydrogen) atoms. The maximum absolute atomic E-state index is 2.32. The molecule has 1 heterocycles. The fraction of sp³-hybridized carbons (Fsp3) is 0.0769. The third kappa shape index (κ3) is 5.60. The average Bonchev–Trinajstić information content (AvgIpc) is 3.57. The minimum atomic E-state index is -0.363. The first-order valence-electron chi connectivity index (χ1n) is 9.75. The Labute approximate surface area is 206 Å². The molecule has 0 aliphatic carbocycles. The third-order valence-electron chi connectivity index (χ3n) is 4.96. The monoisotopic (exact) mass is 526 g/mol. The second-order valence-corrected chi connectivity index (χ2v) is 13.8. The van der Waals surface area contributed by atoms with E-state index in [9.17, 15) is 0 Å². The van der Waals surface area contributed by atoms with Crippen LogP contribution in [0.1, 0.15) is 0 Å². The number of hydrogen-bond donors (Lipinski definition) is 0. The first kappa shape index (κ1) is 24.5. The molecule has 0 saturated carbocycles. The number of benzene rings is 4. The van der Waals surface area contributed by atoms with Crippen LogP contribution < -0.4 is 21.2 Å². The van der Waals surface area contributed by atoms with Crippen LogP contribution in [0.15, 0.2) is 121 Å². The van der Waals surface area contributed by atoms with Crippen LogP contribution in [-0.2, 0) is 14.4 Å². The molecule has 4 aromatic rings. The summed E-state index contributed by atoms with van der Waals surface area (Å²) < 4.78 is 1.38. The SMILES string of the molecule is Cl.Cl.c1ccc(P(c2ccccc2)[CH]2[Ni][CH]2P(c2ccccc2)c2ccccc2)cc1. The topological polar surface area (TPSA) is 0 Å². The molecule has 0 aromatic heterocycles. The van der Waals surface area contributed by atoms with Crippen molar-refractivity contribution in [2.24, 2.45) is 0 Å². The Hall–Kier alpha value is -1.19. The van der Waals surface area contributed by atoms with E-state index in [0.29, 0.717) is 9.26 Å². The van der Waals surface area contributed by atoms with Crippen molar-refractivity contribution < 1.29 is 14.4 Å². The van der Waals surface area contributed by atoms with Crippen LogP contribution in [-0.4, -0.2) is 9.26 Å². The van der Waals surface area contributed by atoms with Crippen molar-refractivity contribution in [2.75, 3.05) is 0 Å². The van der Waals surface area contributed by atoms with Crippen LogP contribution in [0.5, 0.6) is 0 Å². The van der Waals surface area contributed by atoms with Crippen LogP contribution >= 0.6 is 40.7 Å². The molecule has 0 bridgehead atoms. The normalized spacial score (nSPS) is 17.2. The van der Waals surface area contributed by atoms with Crippen LogP contribution in [0.3, 0.4) is 0 Å². The molecule has 0 N–H and O–H groups in total. The third-order valence-corrected chi connectivity index (χ3v) is 13.8. The zero-order chi connectivity index (χ0) is 19.5. The fourth-order valence-corrected chi connectivity index (χ4v) is 13.6. The fourth-order valence-electron chi connectivity index (χ4n) is 3.58. The molecule has 2 atom stereocenters. The van der Waals surface area contributed by atoms with Crippen LogP contribution in [0.4, 0.5) is 0 Å². The molecule has 0 amide bonds. The Morgan fingerprint density at radius 2 is 0.613 bits per heavy atom. The molecule has 5 rings (SSSR count). The van der Waals surface area contributed by atoms with Gasteiger partial charge in [0.1, 0.15) is 0 Å². The molecule has 0 spiro atoms. The Kier molecular flexibility index (Phi) is 9.16. The van der Waals surface area contributed by atoms with Gasteiger partial charge in [-0.1, -0.05) is 0 Å². The van der Waals surface area contributed by atoms with Gasteiger partial charge in [-0.25, -0.2) is 0 Å². The van der Waals surface area contributed by atoms with Crippen molar-refractivity contribution in [3.8, 4) is 0 Å². The molecule has 0 radical (unpaired) electrons. The van der Waals surface area contributed by atoms with Gasteiger partial charge in [0.25, 0.3) is 0 Å². The van der Waals surface area contributed by atoms with Crippen molar-refractivity contribution >= 4 is 61.9 Å². The second-order valence-electron chi connectivity index (χ2n) is 6.86. The van der Waals surface area contributed by atoms with Gasteiger partial charge in [-0.15, -0.1) is 24.8 Å². The van der Waals surface area contributed by atoms with E-state index in [4.69, 9.17) is 0 Å². The predicted molar refractivity (Wildman–Crippen MR) is 140 cm³/mol. The van der Waals surface area contributed by atoms with E-state index < -0.39 is 0 Å². The van der Waals surface area contributed by atoms with Crippen molar-refractivity contribution in [1.29, 1.82) is 0 Å². The molecule has 0 nitrogen and oxygen atoms in total. The zero-order valence-electron chi connectivity index (χ0n) is 16.7. The Morgan fingerprint density at radius 3 is 0.839 bits per heavy atom. The summed E-state index contributed by atoms with van der Waals surface area (Å²) in [6.07, 6.45) is 0. The summed E-state index contributed by atoms with van der Waals surface area (Å²) >= 11 is 1.97. The van der Waals surface area contributed by atoms with Gasteiger partial charge >= 0.3 is 182 Å². The van der Waals surface area contributed by atoms with Crippen molar-refractivity contribution in [1.82, 2.24) is 0 Å². The Balaban J connectivity index is 0.00000136. The average molecular weight is 528 g/mol. The summed E-state index contributed by atoms with van der Waals surface area (Å²) in [6.45, 7) is 0. The minimum absolute atomic E-state index is 0. The summed E-state index contributed by atoms with van der Waals surface area (Å²) in [5, 5.41) is 5.98. The van der Waals surface area contributed by atoms with Gasteiger partial charge in [-0.05, 0) is 0 Å². The summed E-state index contributed by atoms with van der Waals surface area (Å²) in [4.78, 5) is 0. The molecule has 1 aliphatic heterocycles. The van der Waals surface area contributed by atoms with E-state index >= 15 is 0 Å². The summed E-state index contributed by atoms with van der Waals surface area (Å²) in [5.41, 5.74) is 0. The second kappa shape index (κ2) is 11.6. The van der Waals surface area contributed by atoms with Crippen molar-refractivity contribution in [2.45, 2.75) is 9.26 Å². The quantitative estimate of drug-likeness (QED) is 0.218. The Morgan fingerprint density at radius 1 is 0.387 bits per heavy atom. The van der Waals surface area contributed by atoms with Gasteiger partial charge in [0.2, 0.25) is 0 Å². The maximum atomic E-state index is 2.32. The van der Waals surface area contributed by atoms with Gasteiger partial charge in [0.15, 0.2) is 0 Å². The number of rotatable bonds is 6. The van der Waals surface area contributed by atoms with E-state index in [0.717, 1.165) is 0 Å². The molecule has 5 heteroatoms. The van der Waals surface area contributed by atoms with Crippen LogP contribution in [0.2, 0.25) is 0 Å². The van der Waals surface area contributed by atoms with E-state index in [2.05, 4.69) is 121 Å². The number of halogens is 2. The summed E-state index contributed by atoms with van der Waals surface area (Å²) in [5.74, 6) is 0. The predicted octanol–water partition coefficient (Wildman–Crippen LogP) is 5.84. The zero-order valence-corrected chi connectivity index (χ0v) is 21.1. The van der Waals surface area contributed by atoms with Gasteiger partial charge in [-0.2, -0.15) is 0 Å². The molecule has 2 unspecified atom stereocenters. The molecule has 1 saturated heterocycles. The summed E-state index contributed by atoms with van der Waals surface area (Å²) in [7, 11) is -0.726. The van der Waals surface area contributed by atoms with E-state index in [-0.39, 0.29) is 40.7 Å².